The molecule has 1 aromatic heterocycles. The standard InChI is InChI=1S/C14H17N3OS/c1-9-12(7-8-15-9)14-16-13(17-18-14)10-3-5-11(19-2)6-4-10/h3-6,9,12,15H,7-8H2,1-2H3. The van der Waals surface area contributed by atoms with Crippen LogP contribution in [0.3, 0.4) is 0 Å². The molecule has 0 spiro atoms. The van der Waals surface area contributed by atoms with Crippen LogP contribution in [0.2, 0.25) is 0 Å². The first kappa shape index (κ1) is 12.7. The first-order valence-electron chi connectivity index (χ1n) is 6.49. The van der Waals surface area contributed by atoms with Gasteiger partial charge in [0.2, 0.25) is 11.7 Å². The first-order valence-corrected chi connectivity index (χ1v) is 7.72. The lowest BCUT2D eigenvalue weighted by Gasteiger charge is -2.08. The van der Waals surface area contributed by atoms with Gasteiger partial charge in [0.15, 0.2) is 0 Å². The highest BCUT2D eigenvalue weighted by Gasteiger charge is 2.29. The summed E-state index contributed by atoms with van der Waals surface area (Å²) < 4.78 is 5.42. The molecule has 1 fully saturated rings. The van der Waals surface area contributed by atoms with E-state index >= 15 is 0 Å². The van der Waals surface area contributed by atoms with Crippen LogP contribution in [0.1, 0.15) is 25.2 Å². The smallest absolute Gasteiger partial charge is 0.231 e. The van der Waals surface area contributed by atoms with E-state index in [1.54, 1.807) is 11.8 Å². The van der Waals surface area contributed by atoms with E-state index in [0.29, 0.717) is 17.8 Å². The predicted molar refractivity (Wildman–Crippen MR) is 76.3 cm³/mol. The Morgan fingerprint density at radius 1 is 1.32 bits per heavy atom. The molecule has 19 heavy (non-hydrogen) atoms. The van der Waals surface area contributed by atoms with Gasteiger partial charge in [0, 0.05) is 16.5 Å². The molecule has 0 saturated carbocycles. The predicted octanol–water partition coefficient (Wildman–Crippen LogP) is 2.92. The summed E-state index contributed by atoms with van der Waals surface area (Å²) in [6, 6.07) is 8.64. The van der Waals surface area contributed by atoms with Crippen LogP contribution in [0.25, 0.3) is 11.4 Å². The van der Waals surface area contributed by atoms with Crippen molar-refractivity contribution in [1.82, 2.24) is 15.5 Å². The van der Waals surface area contributed by atoms with Crippen molar-refractivity contribution in [3.63, 3.8) is 0 Å². The summed E-state index contributed by atoms with van der Waals surface area (Å²) in [6.45, 7) is 3.18. The maximum atomic E-state index is 5.42. The second kappa shape index (κ2) is 5.35. The number of aromatic nitrogens is 2. The summed E-state index contributed by atoms with van der Waals surface area (Å²) in [5.41, 5.74) is 1.01. The molecule has 2 aromatic rings. The van der Waals surface area contributed by atoms with Crippen LogP contribution in [0.15, 0.2) is 33.7 Å². The van der Waals surface area contributed by atoms with Gasteiger partial charge in [0.1, 0.15) is 0 Å². The van der Waals surface area contributed by atoms with Crippen molar-refractivity contribution < 1.29 is 4.52 Å². The Hall–Kier alpha value is -1.33. The minimum atomic E-state index is 0.340. The van der Waals surface area contributed by atoms with Crippen molar-refractivity contribution in [2.75, 3.05) is 12.8 Å². The van der Waals surface area contributed by atoms with Gasteiger partial charge in [0.05, 0.1) is 5.92 Å². The SMILES string of the molecule is CSc1ccc(-c2noc(C3CCNC3C)n2)cc1. The van der Waals surface area contributed by atoms with Crippen molar-refractivity contribution in [2.24, 2.45) is 0 Å². The second-order valence-electron chi connectivity index (χ2n) is 4.82. The van der Waals surface area contributed by atoms with E-state index < -0.39 is 0 Å². The van der Waals surface area contributed by atoms with E-state index in [4.69, 9.17) is 4.52 Å². The van der Waals surface area contributed by atoms with Gasteiger partial charge in [-0.25, -0.2) is 0 Å². The molecule has 5 heteroatoms. The summed E-state index contributed by atoms with van der Waals surface area (Å²) in [4.78, 5) is 5.78. The van der Waals surface area contributed by atoms with Crippen LogP contribution in [-0.2, 0) is 0 Å². The summed E-state index contributed by atoms with van der Waals surface area (Å²) in [5.74, 6) is 1.77. The average Bonchev–Trinajstić information content (AvgIpc) is 3.07. The van der Waals surface area contributed by atoms with Crippen LogP contribution < -0.4 is 5.32 Å². The van der Waals surface area contributed by atoms with Crippen molar-refractivity contribution in [1.29, 1.82) is 0 Å². The Morgan fingerprint density at radius 3 is 2.74 bits per heavy atom. The van der Waals surface area contributed by atoms with E-state index in [0.717, 1.165) is 24.4 Å². The molecule has 100 valence electrons. The third-order valence-corrected chi connectivity index (χ3v) is 4.38. The molecule has 2 atom stereocenters. The minimum absolute atomic E-state index is 0.340. The van der Waals surface area contributed by atoms with Gasteiger partial charge in [-0.2, -0.15) is 4.98 Å². The van der Waals surface area contributed by atoms with E-state index in [1.165, 1.54) is 4.90 Å². The van der Waals surface area contributed by atoms with Gasteiger partial charge in [-0.05, 0) is 50.4 Å². The van der Waals surface area contributed by atoms with Crippen LogP contribution >= 0.6 is 11.8 Å². The molecule has 0 bridgehead atoms. The summed E-state index contributed by atoms with van der Waals surface area (Å²) >= 11 is 1.73. The molecule has 1 aliphatic heterocycles. The Labute approximate surface area is 117 Å². The number of rotatable bonds is 3. The maximum absolute atomic E-state index is 5.42. The molecule has 3 rings (SSSR count). The van der Waals surface area contributed by atoms with E-state index in [9.17, 15) is 0 Å². The molecule has 2 unspecified atom stereocenters. The molecule has 0 radical (unpaired) electrons. The second-order valence-corrected chi connectivity index (χ2v) is 5.70. The number of nitrogens with zero attached hydrogens (tertiary/aromatic N) is 2. The average molecular weight is 275 g/mol. The summed E-state index contributed by atoms with van der Waals surface area (Å²) in [6.07, 6.45) is 3.13. The number of hydrogen-bond acceptors (Lipinski definition) is 5. The van der Waals surface area contributed by atoms with Crippen LogP contribution in [0.4, 0.5) is 0 Å². The monoisotopic (exact) mass is 275 g/mol. The molecule has 1 saturated heterocycles. The molecule has 0 aliphatic carbocycles. The van der Waals surface area contributed by atoms with Crippen molar-refractivity contribution in [3.8, 4) is 11.4 Å². The molecule has 1 N–H and O–H groups in total. The normalized spacial score (nSPS) is 22.8. The van der Waals surface area contributed by atoms with Gasteiger partial charge in [-0.3, -0.25) is 0 Å². The number of hydrogen-bond donors (Lipinski definition) is 1. The maximum Gasteiger partial charge on any atom is 0.231 e. The van der Waals surface area contributed by atoms with Crippen LogP contribution in [0, 0.1) is 0 Å². The Balaban J connectivity index is 1.83. The molecule has 1 aliphatic rings. The lowest BCUT2D eigenvalue weighted by Crippen LogP contribution is -2.21. The lowest BCUT2D eigenvalue weighted by molar-refractivity contribution is 0.345. The first-order chi connectivity index (χ1) is 9.28. The van der Waals surface area contributed by atoms with E-state index in [2.05, 4.69) is 40.8 Å². The molecule has 2 heterocycles. The zero-order valence-electron chi connectivity index (χ0n) is 11.1. The van der Waals surface area contributed by atoms with Gasteiger partial charge >= 0.3 is 0 Å². The van der Waals surface area contributed by atoms with E-state index in [-0.39, 0.29) is 0 Å². The van der Waals surface area contributed by atoms with Gasteiger partial charge in [0.25, 0.3) is 0 Å². The van der Waals surface area contributed by atoms with Gasteiger partial charge < -0.3 is 9.84 Å². The topological polar surface area (TPSA) is 51.0 Å². The van der Waals surface area contributed by atoms with Crippen molar-refractivity contribution in [2.45, 2.75) is 30.2 Å². The highest BCUT2D eigenvalue weighted by atomic mass is 32.2. The highest BCUT2D eigenvalue weighted by molar-refractivity contribution is 7.98. The van der Waals surface area contributed by atoms with Crippen molar-refractivity contribution in [3.05, 3.63) is 30.2 Å². The summed E-state index contributed by atoms with van der Waals surface area (Å²) in [5, 5.41) is 7.50. The molecular formula is C14H17N3OS. The molecule has 4 nitrogen and oxygen atoms in total. The number of thioether (sulfide) groups is 1. The largest absolute Gasteiger partial charge is 0.339 e. The molecular weight excluding hydrogens is 258 g/mol. The van der Waals surface area contributed by atoms with Crippen LogP contribution in [-0.4, -0.2) is 29.0 Å². The molecule has 0 amide bonds. The third-order valence-electron chi connectivity index (χ3n) is 3.63. The Bertz CT molecular complexity index is 552. The lowest BCUT2D eigenvalue weighted by atomic mass is 10.0. The van der Waals surface area contributed by atoms with Crippen molar-refractivity contribution >= 4 is 11.8 Å². The fourth-order valence-corrected chi connectivity index (χ4v) is 2.85. The van der Waals surface area contributed by atoms with Gasteiger partial charge in [-0.1, -0.05) is 5.16 Å². The Morgan fingerprint density at radius 2 is 2.11 bits per heavy atom. The number of benzene rings is 1. The number of nitrogens with one attached hydrogen (secondary N) is 1. The van der Waals surface area contributed by atoms with E-state index in [1.807, 2.05) is 12.1 Å². The highest BCUT2D eigenvalue weighted by Crippen LogP contribution is 2.28. The van der Waals surface area contributed by atoms with Gasteiger partial charge in [-0.15, -0.1) is 11.8 Å². The minimum Gasteiger partial charge on any atom is -0.339 e. The fourth-order valence-electron chi connectivity index (χ4n) is 2.44. The Kier molecular flexibility index (Phi) is 3.57. The molecule has 1 aromatic carbocycles. The zero-order chi connectivity index (χ0) is 13.2. The third kappa shape index (κ3) is 2.53. The van der Waals surface area contributed by atoms with Crippen LogP contribution in [0.5, 0.6) is 0 Å². The summed E-state index contributed by atoms with van der Waals surface area (Å²) in [7, 11) is 0. The zero-order valence-corrected chi connectivity index (χ0v) is 11.9. The quantitative estimate of drug-likeness (QED) is 0.873. The fraction of sp³-hybridized carbons (Fsp3) is 0.429.